The van der Waals surface area contributed by atoms with Crippen LogP contribution in [0.2, 0.25) is 0 Å². The predicted octanol–water partition coefficient (Wildman–Crippen LogP) is 1.78. The molecule has 0 bridgehead atoms. The fourth-order valence-corrected chi connectivity index (χ4v) is 2.97. The summed E-state index contributed by atoms with van der Waals surface area (Å²) in [5.74, 6) is 1.98. The Morgan fingerprint density at radius 2 is 2.15 bits per heavy atom. The molecule has 27 heavy (non-hydrogen) atoms. The fourth-order valence-electron chi connectivity index (χ4n) is 2.97. The van der Waals surface area contributed by atoms with E-state index in [-0.39, 0.29) is 6.10 Å². The first-order valence-corrected chi connectivity index (χ1v) is 8.86. The maximum Gasteiger partial charge on any atom is 0.256 e. The van der Waals surface area contributed by atoms with Crippen molar-refractivity contribution in [2.45, 2.75) is 18.9 Å². The molecule has 3 aromatic rings. The molecule has 10 nitrogen and oxygen atoms in total. The molecule has 0 unspecified atom stereocenters. The summed E-state index contributed by atoms with van der Waals surface area (Å²) in [6.07, 6.45) is 7.50. The zero-order chi connectivity index (χ0) is 18.6. The summed E-state index contributed by atoms with van der Waals surface area (Å²) in [6.45, 7) is 1.91. The maximum absolute atomic E-state index is 5.85. The highest BCUT2D eigenvalue weighted by atomic mass is 16.5. The lowest BCUT2D eigenvalue weighted by Gasteiger charge is -2.22. The van der Waals surface area contributed by atoms with E-state index in [1.165, 1.54) is 0 Å². The van der Waals surface area contributed by atoms with Gasteiger partial charge in [0.2, 0.25) is 11.8 Å². The molecule has 0 atom stereocenters. The molecule has 3 N–H and O–H groups in total. The first kappa shape index (κ1) is 17.3. The number of anilines is 3. The standard InChI is InChI=1S/C17H22N8O2/c1-18-16-13(11-8-21-25(2)10-11)9-20-17(23-16)22-14-7-15(24-27-14)26-12-3-5-19-6-4-12/h7-10,12,19H,3-6H2,1-2H3,(H2,18,20,22,23). The molecule has 0 amide bonds. The molecule has 0 aromatic carbocycles. The second-order valence-electron chi connectivity index (χ2n) is 6.33. The molecular weight excluding hydrogens is 348 g/mol. The van der Waals surface area contributed by atoms with E-state index in [9.17, 15) is 0 Å². The molecule has 0 spiro atoms. The van der Waals surface area contributed by atoms with Crippen molar-refractivity contribution in [3.05, 3.63) is 24.7 Å². The minimum absolute atomic E-state index is 0.162. The minimum Gasteiger partial charge on any atom is -0.472 e. The van der Waals surface area contributed by atoms with Crippen molar-refractivity contribution in [2.75, 3.05) is 30.8 Å². The Balaban J connectivity index is 1.46. The largest absolute Gasteiger partial charge is 0.472 e. The van der Waals surface area contributed by atoms with Crippen LogP contribution in [0.15, 0.2) is 29.2 Å². The van der Waals surface area contributed by atoms with Crippen LogP contribution in [-0.4, -0.2) is 51.1 Å². The summed E-state index contributed by atoms with van der Waals surface area (Å²) < 4.78 is 12.9. The molecule has 4 heterocycles. The fraction of sp³-hybridized carbons (Fsp3) is 0.412. The summed E-state index contributed by atoms with van der Waals surface area (Å²) >= 11 is 0. The van der Waals surface area contributed by atoms with E-state index in [0.29, 0.717) is 23.5 Å². The van der Waals surface area contributed by atoms with Gasteiger partial charge in [0.15, 0.2) is 0 Å². The summed E-state index contributed by atoms with van der Waals surface area (Å²) in [4.78, 5) is 8.85. The summed E-state index contributed by atoms with van der Waals surface area (Å²) in [6, 6.07) is 1.71. The molecular formula is C17H22N8O2. The number of aromatic nitrogens is 5. The second-order valence-corrected chi connectivity index (χ2v) is 6.33. The van der Waals surface area contributed by atoms with E-state index >= 15 is 0 Å². The lowest BCUT2D eigenvalue weighted by atomic mass is 10.1. The Morgan fingerprint density at radius 3 is 2.89 bits per heavy atom. The molecule has 10 heteroatoms. The van der Waals surface area contributed by atoms with Gasteiger partial charge in [0.1, 0.15) is 11.9 Å². The van der Waals surface area contributed by atoms with Crippen LogP contribution >= 0.6 is 0 Å². The van der Waals surface area contributed by atoms with Crippen LogP contribution in [0.1, 0.15) is 12.8 Å². The quantitative estimate of drug-likeness (QED) is 0.597. The van der Waals surface area contributed by atoms with Gasteiger partial charge in [-0.05, 0) is 31.1 Å². The number of aryl methyl sites for hydroxylation is 1. The SMILES string of the molecule is CNc1nc(Nc2cc(OC3CCNCC3)no2)ncc1-c1cnn(C)c1. The molecule has 3 aromatic heterocycles. The van der Waals surface area contributed by atoms with E-state index < -0.39 is 0 Å². The predicted molar refractivity (Wildman–Crippen MR) is 100 cm³/mol. The summed E-state index contributed by atoms with van der Waals surface area (Å²) in [7, 11) is 3.68. The number of piperidine rings is 1. The second kappa shape index (κ2) is 7.62. The van der Waals surface area contributed by atoms with Crippen molar-refractivity contribution in [2.24, 2.45) is 7.05 Å². The lowest BCUT2D eigenvalue weighted by Crippen LogP contribution is -2.34. The third-order valence-electron chi connectivity index (χ3n) is 4.34. The van der Waals surface area contributed by atoms with Gasteiger partial charge in [-0.1, -0.05) is 0 Å². The monoisotopic (exact) mass is 370 g/mol. The highest BCUT2D eigenvalue weighted by Crippen LogP contribution is 2.27. The summed E-state index contributed by atoms with van der Waals surface area (Å²) in [5.41, 5.74) is 1.80. The van der Waals surface area contributed by atoms with Gasteiger partial charge in [0.05, 0.1) is 12.3 Å². The lowest BCUT2D eigenvalue weighted by molar-refractivity contribution is 0.149. The third kappa shape index (κ3) is 4.00. The van der Waals surface area contributed by atoms with Gasteiger partial charge in [-0.15, -0.1) is 0 Å². The van der Waals surface area contributed by atoms with E-state index in [4.69, 9.17) is 9.26 Å². The van der Waals surface area contributed by atoms with Crippen LogP contribution < -0.4 is 20.7 Å². The number of nitrogens with zero attached hydrogens (tertiary/aromatic N) is 5. The van der Waals surface area contributed by atoms with Crippen LogP contribution in [0.4, 0.5) is 17.7 Å². The van der Waals surface area contributed by atoms with Gasteiger partial charge in [-0.2, -0.15) is 10.1 Å². The van der Waals surface area contributed by atoms with E-state index in [2.05, 4.69) is 36.2 Å². The van der Waals surface area contributed by atoms with Crippen molar-refractivity contribution in [1.82, 2.24) is 30.2 Å². The van der Waals surface area contributed by atoms with Crippen LogP contribution in [0, 0.1) is 0 Å². The first-order valence-electron chi connectivity index (χ1n) is 8.86. The molecule has 1 saturated heterocycles. The average Bonchev–Trinajstić information content (AvgIpc) is 3.31. The van der Waals surface area contributed by atoms with Crippen molar-refractivity contribution < 1.29 is 9.26 Å². The minimum atomic E-state index is 0.162. The van der Waals surface area contributed by atoms with Crippen molar-refractivity contribution in [1.29, 1.82) is 0 Å². The Kier molecular flexibility index (Phi) is 4.88. The van der Waals surface area contributed by atoms with E-state index in [1.807, 2.05) is 20.3 Å². The van der Waals surface area contributed by atoms with Gasteiger partial charge >= 0.3 is 0 Å². The van der Waals surface area contributed by atoms with Gasteiger partial charge in [-0.25, -0.2) is 4.98 Å². The Morgan fingerprint density at radius 1 is 1.30 bits per heavy atom. The third-order valence-corrected chi connectivity index (χ3v) is 4.34. The maximum atomic E-state index is 5.85. The number of rotatable bonds is 6. The molecule has 142 valence electrons. The van der Waals surface area contributed by atoms with Crippen LogP contribution in [0.5, 0.6) is 5.88 Å². The molecule has 4 rings (SSSR count). The first-order chi connectivity index (χ1) is 13.2. The summed E-state index contributed by atoms with van der Waals surface area (Å²) in [5, 5.41) is 17.5. The molecule has 0 saturated carbocycles. The highest BCUT2D eigenvalue weighted by molar-refractivity contribution is 5.74. The highest BCUT2D eigenvalue weighted by Gasteiger charge is 2.17. The number of ether oxygens (including phenoxy) is 1. The molecule has 1 fully saturated rings. The normalized spacial score (nSPS) is 14.9. The average molecular weight is 370 g/mol. The zero-order valence-electron chi connectivity index (χ0n) is 15.3. The molecule has 1 aliphatic heterocycles. The smallest absolute Gasteiger partial charge is 0.256 e. The number of nitrogens with one attached hydrogen (secondary N) is 3. The van der Waals surface area contributed by atoms with Crippen LogP contribution in [-0.2, 0) is 7.05 Å². The number of hydrogen-bond acceptors (Lipinski definition) is 9. The molecule has 0 aliphatic carbocycles. The van der Waals surface area contributed by atoms with Gasteiger partial charge in [-0.3, -0.25) is 10.00 Å². The molecule has 0 radical (unpaired) electrons. The van der Waals surface area contributed by atoms with Crippen LogP contribution in [0.3, 0.4) is 0 Å². The Hall–Kier alpha value is -3.14. The Bertz CT molecular complexity index is 900. The van der Waals surface area contributed by atoms with Gasteiger partial charge in [0, 0.05) is 37.6 Å². The number of hydrogen-bond donors (Lipinski definition) is 3. The van der Waals surface area contributed by atoms with E-state index in [0.717, 1.165) is 37.1 Å². The van der Waals surface area contributed by atoms with Crippen LogP contribution in [0.25, 0.3) is 11.1 Å². The van der Waals surface area contributed by atoms with Gasteiger partial charge < -0.3 is 19.9 Å². The zero-order valence-corrected chi connectivity index (χ0v) is 15.3. The Labute approximate surface area is 156 Å². The van der Waals surface area contributed by atoms with Crippen molar-refractivity contribution >= 4 is 17.7 Å². The van der Waals surface area contributed by atoms with Gasteiger partial charge in [0.25, 0.3) is 5.88 Å². The topological polar surface area (TPSA) is 115 Å². The van der Waals surface area contributed by atoms with Crippen molar-refractivity contribution in [3.8, 4) is 17.0 Å². The molecule has 1 aliphatic rings. The van der Waals surface area contributed by atoms with Crippen molar-refractivity contribution in [3.63, 3.8) is 0 Å². The van der Waals surface area contributed by atoms with E-state index in [1.54, 1.807) is 23.1 Å².